The first-order valence-corrected chi connectivity index (χ1v) is 13.8. The van der Waals surface area contributed by atoms with E-state index < -0.39 is 11.4 Å². The number of allylic oxidation sites excluding steroid dienone is 1. The van der Waals surface area contributed by atoms with Gasteiger partial charge in [-0.1, -0.05) is 46.8 Å². The highest BCUT2D eigenvalue weighted by atomic mass is 16.4. The van der Waals surface area contributed by atoms with Crippen LogP contribution in [0.3, 0.4) is 0 Å². The lowest BCUT2D eigenvalue weighted by Crippen LogP contribution is -2.67. The smallest absolute Gasteiger partial charge is 0.309 e. The number of hydrogen-bond donors (Lipinski definition) is 2. The summed E-state index contributed by atoms with van der Waals surface area (Å²) < 4.78 is 0. The highest BCUT2D eigenvalue weighted by Gasteiger charge is 2.71. The molecule has 186 valence electrons. The highest BCUT2D eigenvalue weighted by Crippen LogP contribution is 2.77. The predicted octanol–water partition coefficient (Wildman–Crippen LogP) is 7.09. The van der Waals surface area contributed by atoms with Gasteiger partial charge in [-0.3, -0.25) is 4.79 Å². The summed E-state index contributed by atoms with van der Waals surface area (Å²) in [4.78, 5) is 12.8. The summed E-state index contributed by atoms with van der Waals surface area (Å²) in [5, 5.41) is 21.4. The van der Waals surface area contributed by atoms with Crippen molar-refractivity contribution in [3.63, 3.8) is 0 Å². The zero-order valence-corrected chi connectivity index (χ0v) is 22.0. The van der Waals surface area contributed by atoms with Gasteiger partial charge in [0.05, 0.1) is 11.5 Å². The maximum absolute atomic E-state index is 12.8. The quantitative estimate of drug-likeness (QED) is 0.436. The highest BCUT2D eigenvalue weighted by molar-refractivity contribution is 5.76. The van der Waals surface area contributed by atoms with E-state index in [4.69, 9.17) is 0 Å². The van der Waals surface area contributed by atoms with Crippen molar-refractivity contribution >= 4 is 5.97 Å². The van der Waals surface area contributed by atoms with E-state index in [2.05, 4.69) is 48.1 Å². The zero-order chi connectivity index (χ0) is 24.2. The monoisotopic (exact) mass is 456 g/mol. The van der Waals surface area contributed by atoms with E-state index in [0.29, 0.717) is 23.7 Å². The Kier molecular flexibility index (Phi) is 5.15. The number of carboxylic acid groups (broad SMARTS) is 1. The summed E-state index contributed by atoms with van der Waals surface area (Å²) >= 11 is 0. The number of aliphatic carboxylic acids is 1. The van der Waals surface area contributed by atoms with Gasteiger partial charge < -0.3 is 10.2 Å². The molecule has 0 heterocycles. The first-order valence-electron chi connectivity index (χ1n) is 13.8. The fourth-order valence-electron chi connectivity index (χ4n) is 11.5. The maximum Gasteiger partial charge on any atom is 0.309 e. The van der Waals surface area contributed by atoms with E-state index in [-0.39, 0.29) is 33.7 Å². The molecule has 5 aliphatic carbocycles. The zero-order valence-electron chi connectivity index (χ0n) is 22.0. The van der Waals surface area contributed by atoms with Crippen molar-refractivity contribution in [3.05, 3.63) is 12.2 Å². The summed E-state index contributed by atoms with van der Waals surface area (Å²) in [5.74, 6) is 1.79. The van der Waals surface area contributed by atoms with Crippen molar-refractivity contribution in [3.8, 4) is 0 Å². The van der Waals surface area contributed by atoms with Gasteiger partial charge in [0.1, 0.15) is 0 Å². The molecule has 0 saturated heterocycles. The van der Waals surface area contributed by atoms with Crippen LogP contribution >= 0.6 is 0 Å². The van der Waals surface area contributed by atoms with Gasteiger partial charge in [0, 0.05) is 0 Å². The van der Waals surface area contributed by atoms with Gasteiger partial charge in [0.25, 0.3) is 0 Å². The first kappa shape index (κ1) is 23.9. The second-order valence-electron chi connectivity index (χ2n) is 14.5. The Labute approximate surface area is 201 Å². The third kappa shape index (κ3) is 2.75. The predicted molar refractivity (Wildman–Crippen MR) is 133 cm³/mol. The Balaban J connectivity index is 1.57. The number of carboxylic acids is 1. The molecular formula is C30H48O3. The number of aliphatic hydroxyl groups is 1. The van der Waals surface area contributed by atoms with Crippen LogP contribution in [0, 0.1) is 56.7 Å². The molecule has 0 aromatic rings. The lowest BCUT2D eigenvalue weighted by atomic mass is 9.32. The molecule has 0 amide bonds. The average Bonchev–Trinajstić information content (AvgIpc) is 3.13. The Morgan fingerprint density at radius 3 is 2.15 bits per heavy atom. The Morgan fingerprint density at radius 1 is 0.818 bits per heavy atom. The molecule has 0 spiro atoms. The first-order chi connectivity index (χ1) is 15.3. The minimum atomic E-state index is -0.538. The molecular weight excluding hydrogens is 408 g/mol. The fourth-order valence-corrected chi connectivity index (χ4v) is 11.5. The summed E-state index contributed by atoms with van der Waals surface area (Å²) in [7, 11) is 0. The largest absolute Gasteiger partial charge is 0.481 e. The van der Waals surface area contributed by atoms with Gasteiger partial charge >= 0.3 is 5.97 Å². The van der Waals surface area contributed by atoms with Crippen molar-refractivity contribution in [1.82, 2.24) is 0 Å². The van der Waals surface area contributed by atoms with Crippen LogP contribution in [0.1, 0.15) is 106 Å². The number of aliphatic hydroxyl groups excluding tert-OH is 1. The number of fused-ring (bicyclic) bond motifs is 7. The average molecular weight is 457 g/mol. The van der Waals surface area contributed by atoms with Crippen LogP contribution < -0.4 is 0 Å². The van der Waals surface area contributed by atoms with Crippen LogP contribution in [0.4, 0.5) is 0 Å². The van der Waals surface area contributed by atoms with Crippen molar-refractivity contribution < 1.29 is 15.0 Å². The van der Waals surface area contributed by atoms with Gasteiger partial charge in [0.2, 0.25) is 0 Å². The molecule has 0 bridgehead atoms. The van der Waals surface area contributed by atoms with E-state index in [9.17, 15) is 15.0 Å². The molecule has 8 unspecified atom stereocenters. The molecule has 10 atom stereocenters. The topological polar surface area (TPSA) is 57.5 Å². The van der Waals surface area contributed by atoms with Gasteiger partial charge in [-0.2, -0.15) is 0 Å². The van der Waals surface area contributed by atoms with Gasteiger partial charge in [0.15, 0.2) is 0 Å². The minimum absolute atomic E-state index is 0.0202. The van der Waals surface area contributed by atoms with E-state index in [1.807, 2.05) is 0 Å². The van der Waals surface area contributed by atoms with Crippen LogP contribution in [0.2, 0.25) is 0 Å². The van der Waals surface area contributed by atoms with Gasteiger partial charge in [-0.25, -0.2) is 0 Å². The molecule has 5 aliphatic rings. The molecule has 0 aromatic carbocycles. The molecule has 2 N–H and O–H groups in total. The lowest BCUT2D eigenvalue weighted by molar-refractivity contribution is -0.248. The van der Waals surface area contributed by atoms with Crippen LogP contribution in [-0.2, 0) is 4.79 Å². The van der Waals surface area contributed by atoms with E-state index in [1.165, 1.54) is 31.3 Å². The van der Waals surface area contributed by atoms with Crippen LogP contribution in [0.5, 0.6) is 0 Å². The van der Waals surface area contributed by atoms with Crippen LogP contribution in [0.15, 0.2) is 12.2 Å². The van der Waals surface area contributed by atoms with Gasteiger partial charge in [-0.05, 0) is 122 Å². The molecule has 5 saturated carbocycles. The van der Waals surface area contributed by atoms with Crippen molar-refractivity contribution in [2.24, 2.45) is 56.7 Å². The van der Waals surface area contributed by atoms with Crippen molar-refractivity contribution in [2.45, 2.75) is 112 Å². The third-order valence-corrected chi connectivity index (χ3v) is 13.5. The molecule has 0 aliphatic heterocycles. The molecule has 3 nitrogen and oxygen atoms in total. The number of carbonyl (C=O) groups is 1. The molecule has 5 rings (SSSR count). The van der Waals surface area contributed by atoms with E-state index in [0.717, 1.165) is 38.5 Å². The molecule has 0 aromatic heterocycles. The van der Waals surface area contributed by atoms with E-state index in [1.54, 1.807) is 0 Å². The fraction of sp³-hybridized carbons (Fsp3) is 0.900. The second-order valence-corrected chi connectivity index (χ2v) is 14.5. The Bertz CT molecular complexity index is 861. The summed E-state index contributed by atoms with van der Waals surface area (Å²) in [6.45, 7) is 18.8. The number of hydrogen-bond acceptors (Lipinski definition) is 2. The minimum Gasteiger partial charge on any atom is -0.481 e. The van der Waals surface area contributed by atoms with Crippen molar-refractivity contribution in [2.75, 3.05) is 0 Å². The summed E-state index contributed by atoms with van der Waals surface area (Å²) in [6.07, 6.45) is 10.5. The van der Waals surface area contributed by atoms with Crippen LogP contribution in [-0.4, -0.2) is 22.3 Å². The SMILES string of the molecule is C=C(C)C1CCC2(C(=O)O)CC[C@]3(C)C(CCC4C5(C)CC[C@H](O)C(C)(C)C5CCC43C)C12. The maximum atomic E-state index is 12.8. The van der Waals surface area contributed by atoms with Crippen LogP contribution in [0.25, 0.3) is 0 Å². The Morgan fingerprint density at radius 2 is 1.52 bits per heavy atom. The second kappa shape index (κ2) is 7.11. The lowest BCUT2D eigenvalue weighted by Gasteiger charge is -2.72. The molecule has 5 fully saturated rings. The molecule has 0 radical (unpaired) electrons. The summed E-state index contributed by atoms with van der Waals surface area (Å²) in [6, 6.07) is 0. The van der Waals surface area contributed by atoms with E-state index >= 15 is 0 Å². The third-order valence-electron chi connectivity index (χ3n) is 13.5. The molecule has 3 heteroatoms. The van der Waals surface area contributed by atoms with Crippen molar-refractivity contribution in [1.29, 1.82) is 0 Å². The van der Waals surface area contributed by atoms with Gasteiger partial charge in [-0.15, -0.1) is 0 Å². The Hall–Kier alpha value is -0.830. The number of rotatable bonds is 2. The summed E-state index contributed by atoms with van der Waals surface area (Å²) in [5.41, 5.74) is 1.35. The molecule has 33 heavy (non-hydrogen) atoms. The normalized spacial score (nSPS) is 55.0. The standard InChI is InChI=1S/C30H48O3/c1-18(2)19-10-15-30(25(32)33)17-16-28(6)20(24(19)30)8-9-22-27(5)13-12-23(31)26(3,4)21(27)11-14-29(22,28)7/h19-24,31H,1,8-17H2,2-7H3,(H,32,33)/t19?,20?,21?,22?,23-,24?,27?,28+,29?,30?/m0/s1.